The van der Waals surface area contributed by atoms with Crippen molar-refractivity contribution >= 4 is 17.3 Å². The van der Waals surface area contributed by atoms with Gasteiger partial charge >= 0.3 is 0 Å². The van der Waals surface area contributed by atoms with Crippen LogP contribution in [0.3, 0.4) is 0 Å². The number of carbonyl (C=O) groups excluding carboxylic acids is 3. The zero-order valence-electron chi connectivity index (χ0n) is 8.96. The van der Waals surface area contributed by atoms with Crippen molar-refractivity contribution in [3.05, 3.63) is 11.6 Å². The molecule has 0 bridgehead atoms. The van der Waals surface area contributed by atoms with Gasteiger partial charge in [-0.15, -0.1) is 0 Å². The second-order valence-corrected chi connectivity index (χ2v) is 4.31. The maximum atomic E-state index is 12.2. The summed E-state index contributed by atoms with van der Waals surface area (Å²) in [5.74, 6) is -3.46. The molecule has 0 aromatic carbocycles. The molecule has 0 aromatic heterocycles. The van der Waals surface area contributed by atoms with Crippen LogP contribution in [0.1, 0.15) is 20.8 Å². The van der Waals surface area contributed by atoms with Gasteiger partial charge in [0.1, 0.15) is 12.6 Å². The molecule has 1 rings (SSSR count). The molecule has 0 spiro atoms. The number of rotatable bonds is 2. The first-order chi connectivity index (χ1) is 6.81. The van der Waals surface area contributed by atoms with Crippen molar-refractivity contribution < 1.29 is 18.8 Å². The Bertz CT molecular complexity index is 366. The summed E-state index contributed by atoms with van der Waals surface area (Å²) < 4.78 is 12.2. The van der Waals surface area contributed by atoms with Crippen LogP contribution in [0.5, 0.6) is 0 Å². The van der Waals surface area contributed by atoms with Gasteiger partial charge in [0, 0.05) is 5.41 Å². The van der Waals surface area contributed by atoms with Crippen LogP contribution in [-0.2, 0) is 14.4 Å². The Morgan fingerprint density at radius 3 is 2.47 bits per heavy atom. The molecule has 0 radical (unpaired) electrons. The molecule has 1 aliphatic rings. The summed E-state index contributed by atoms with van der Waals surface area (Å²) in [5.41, 5.74) is -0.514. The van der Waals surface area contributed by atoms with E-state index in [1.165, 1.54) is 13.0 Å². The van der Waals surface area contributed by atoms with Gasteiger partial charge in [0.2, 0.25) is 0 Å². The summed E-state index contributed by atoms with van der Waals surface area (Å²) in [7, 11) is 0. The summed E-state index contributed by atoms with van der Waals surface area (Å²) >= 11 is 0. The summed E-state index contributed by atoms with van der Waals surface area (Å²) in [5, 5.41) is 0. The Balaban J connectivity index is 3.21. The van der Waals surface area contributed by atoms with Gasteiger partial charge in [0.15, 0.2) is 17.3 Å². The highest BCUT2D eigenvalue weighted by Crippen LogP contribution is 2.32. The normalized spacial score (nSPS) is 25.1. The third-order valence-corrected chi connectivity index (χ3v) is 2.58. The van der Waals surface area contributed by atoms with Gasteiger partial charge < -0.3 is 0 Å². The Morgan fingerprint density at radius 1 is 1.47 bits per heavy atom. The van der Waals surface area contributed by atoms with Gasteiger partial charge in [0.05, 0.1) is 0 Å². The van der Waals surface area contributed by atoms with Gasteiger partial charge in [-0.3, -0.25) is 14.4 Å². The minimum atomic E-state index is -1.44. The molecule has 0 aromatic rings. The molecule has 1 atom stereocenters. The van der Waals surface area contributed by atoms with Crippen LogP contribution >= 0.6 is 0 Å². The first-order valence-electron chi connectivity index (χ1n) is 4.68. The fraction of sp³-hybridized carbons (Fsp3) is 0.545. The van der Waals surface area contributed by atoms with Crippen molar-refractivity contribution in [1.82, 2.24) is 0 Å². The molecule has 3 nitrogen and oxygen atoms in total. The van der Waals surface area contributed by atoms with Crippen LogP contribution < -0.4 is 0 Å². The van der Waals surface area contributed by atoms with Crippen molar-refractivity contribution in [3.63, 3.8) is 0 Å². The average molecular weight is 212 g/mol. The van der Waals surface area contributed by atoms with Gasteiger partial charge in [0.25, 0.3) is 0 Å². The smallest absolute Gasteiger partial charge is 0.182 e. The number of hydrogen-bond donors (Lipinski definition) is 0. The monoisotopic (exact) mass is 212 g/mol. The SMILES string of the molecule is CC1=CC(C)(C)C(=O)C(C(=O)CF)C1=O. The van der Waals surface area contributed by atoms with Crippen LogP contribution in [0.15, 0.2) is 11.6 Å². The van der Waals surface area contributed by atoms with E-state index >= 15 is 0 Å². The minimum absolute atomic E-state index is 0.353. The summed E-state index contributed by atoms with van der Waals surface area (Å²) in [6.07, 6.45) is 1.53. The molecule has 1 aliphatic carbocycles. The molecule has 0 fully saturated rings. The molecule has 82 valence electrons. The van der Waals surface area contributed by atoms with Crippen molar-refractivity contribution in [2.75, 3.05) is 6.67 Å². The fourth-order valence-corrected chi connectivity index (χ4v) is 1.77. The maximum Gasteiger partial charge on any atom is 0.182 e. The van der Waals surface area contributed by atoms with E-state index in [9.17, 15) is 18.8 Å². The van der Waals surface area contributed by atoms with Crippen molar-refractivity contribution in [2.24, 2.45) is 11.3 Å². The minimum Gasteiger partial charge on any atom is -0.297 e. The number of ketones is 3. The lowest BCUT2D eigenvalue weighted by Gasteiger charge is -2.29. The second-order valence-electron chi connectivity index (χ2n) is 4.31. The van der Waals surface area contributed by atoms with Crippen LogP contribution in [0.25, 0.3) is 0 Å². The highest BCUT2D eigenvalue weighted by atomic mass is 19.1. The first-order valence-corrected chi connectivity index (χ1v) is 4.68. The van der Waals surface area contributed by atoms with E-state index in [-0.39, 0.29) is 0 Å². The van der Waals surface area contributed by atoms with Crippen molar-refractivity contribution in [1.29, 1.82) is 0 Å². The predicted molar refractivity (Wildman–Crippen MR) is 52.0 cm³/mol. The first kappa shape index (κ1) is 11.8. The molecule has 15 heavy (non-hydrogen) atoms. The molecule has 0 aliphatic heterocycles. The summed E-state index contributed by atoms with van der Waals surface area (Å²) in [6, 6.07) is 0. The summed E-state index contributed by atoms with van der Waals surface area (Å²) in [4.78, 5) is 34.5. The lowest BCUT2D eigenvalue weighted by molar-refractivity contribution is -0.143. The Labute approximate surface area is 87.3 Å². The van der Waals surface area contributed by atoms with Crippen molar-refractivity contribution in [2.45, 2.75) is 20.8 Å². The number of halogens is 1. The molecule has 0 N–H and O–H groups in total. The van der Waals surface area contributed by atoms with Gasteiger partial charge in [-0.1, -0.05) is 6.08 Å². The maximum absolute atomic E-state index is 12.2. The zero-order chi connectivity index (χ0) is 11.8. The lowest BCUT2D eigenvalue weighted by atomic mass is 9.71. The molecular formula is C11H13FO3. The van der Waals surface area contributed by atoms with E-state index in [0.29, 0.717) is 5.57 Å². The van der Waals surface area contributed by atoms with E-state index in [2.05, 4.69) is 0 Å². The second kappa shape index (κ2) is 3.68. The molecule has 0 amide bonds. The van der Waals surface area contributed by atoms with E-state index in [4.69, 9.17) is 0 Å². The van der Waals surface area contributed by atoms with Crippen LogP contribution in [0.4, 0.5) is 4.39 Å². The number of carbonyl (C=O) groups is 3. The van der Waals surface area contributed by atoms with E-state index in [1.54, 1.807) is 13.8 Å². The largest absolute Gasteiger partial charge is 0.297 e. The van der Waals surface area contributed by atoms with Crippen LogP contribution in [-0.4, -0.2) is 24.0 Å². The highest BCUT2D eigenvalue weighted by molar-refractivity contribution is 6.27. The standard InChI is InChI=1S/C11H13FO3/c1-6-4-11(2,3)10(15)8(9(6)14)7(13)5-12/h4,8H,5H2,1-3H3. The highest BCUT2D eigenvalue weighted by Gasteiger charge is 2.44. The van der Waals surface area contributed by atoms with Crippen molar-refractivity contribution in [3.8, 4) is 0 Å². The quantitative estimate of drug-likeness (QED) is 0.647. The average Bonchev–Trinajstić information content (AvgIpc) is 2.14. The molecule has 0 saturated heterocycles. The van der Waals surface area contributed by atoms with Gasteiger partial charge in [-0.05, 0) is 26.3 Å². The van der Waals surface area contributed by atoms with E-state index < -0.39 is 35.4 Å². The summed E-state index contributed by atoms with van der Waals surface area (Å²) in [6.45, 7) is 3.49. The third-order valence-electron chi connectivity index (χ3n) is 2.58. The zero-order valence-corrected chi connectivity index (χ0v) is 8.96. The third kappa shape index (κ3) is 1.89. The molecule has 1 unspecified atom stereocenters. The van der Waals surface area contributed by atoms with E-state index in [0.717, 1.165) is 0 Å². The number of hydrogen-bond acceptors (Lipinski definition) is 3. The van der Waals surface area contributed by atoms with E-state index in [1.807, 2.05) is 0 Å². The lowest BCUT2D eigenvalue weighted by Crippen LogP contribution is -2.44. The number of Topliss-reactive ketones (excluding diaryl/α,β-unsaturated/α-hetero) is 3. The predicted octanol–water partition coefficient (Wildman–Crippen LogP) is 1.27. The Morgan fingerprint density at radius 2 is 2.00 bits per heavy atom. The van der Waals surface area contributed by atoms with Gasteiger partial charge in [-0.2, -0.15) is 0 Å². The van der Waals surface area contributed by atoms with Crippen LogP contribution in [0.2, 0.25) is 0 Å². The Hall–Kier alpha value is -1.32. The van der Waals surface area contributed by atoms with Crippen LogP contribution in [0, 0.1) is 11.3 Å². The number of alkyl halides is 1. The van der Waals surface area contributed by atoms with Gasteiger partial charge in [-0.25, -0.2) is 4.39 Å². The number of allylic oxidation sites excluding steroid dienone is 2. The molecular weight excluding hydrogens is 199 g/mol. The molecule has 0 saturated carbocycles. The fourth-order valence-electron chi connectivity index (χ4n) is 1.77. The molecule has 4 heteroatoms. The molecule has 0 heterocycles. The topological polar surface area (TPSA) is 51.2 Å². The Kier molecular flexibility index (Phi) is 2.88.